The number of furan rings is 1. The molecule has 2 N–H and O–H groups in total. The molecule has 4 rings (SSSR count). The van der Waals surface area contributed by atoms with Gasteiger partial charge < -0.3 is 20.0 Å². The molecule has 3 amide bonds. The molecule has 32 heavy (non-hydrogen) atoms. The van der Waals surface area contributed by atoms with Crippen LogP contribution in [0.4, 0.5) is 25.8 Å². The van der Waals surface area contributed by atoms with Crippen molar-refractivity contribution in [1.82, 2.24) is 0 Å². The third-order valence-electron chi connectivity index (χ3n) is 4.89. The van der Waals surface area contributed by atoms with Crippen molar-refractivity contribution in [2.24, 2.45) is 5.92 Å². The first-order chi connectivity index (χ1) is 15.3. The molecule has 7 nitrogen and oxygen atoms in total. The van der Waals surface area contributed by atoms with Crippen molar-refractivity contribution in [2.75, 3.05) is 22.1 Å². The Bertz CT molecular complexity index is 1180. The monoisotopic (exact) mass is 459 g/mol. The molecule has 1 saturated heterocycles. The Morgan fingerprint density at radius 1 is 1.03 bits per heavy atom. The predicted octanol–water partition coefficient (Wildman–Crippen LogP) is 4.46. The molecule has 1 aliphatic heterocycles. The van der Waals surface area contributed by atoms with Crippen molar-refractivity contribution in [3.8, 4) is 0 Å². The van der Waals surface area contributed by atoms with Gasteiger partial charge in [-0.25, -0.2) is 8.78 Å². The Balaban J connectivity index is 1.49. The molecule has 1 fully saturated rings. The molecule has 1 unspecified atom stereocenters. The summed E-state index contributed by atoms with van der Waals surface area (Å²) >= 11 is 6.02. The molecule has 164 valence electrons. The van der Waals surface area contributed by atoms with E-state index in [1.54, 1.807) is 6.07 Å². The highest BCUT2D eigenvalue weighted by molar-refractivity contribution is 6.31. The maximum Gasteiger partial charge on any atom is 0.291 e. The average molecular weight is 460 g/mol. The predicted molar refractivity (Wildman–Crippen MR) is 114 cm³/mol. The van der Waals surface area contributed by atoms with Crippen molar-refractivity contribution in [3.63, 3.8) is 0 Å². The smallest absolute Gasteiger partial charge is 0.291 e. The maximum absolute atomic E-state index is 13.5. The van der Waals surface area contributed by atoms with E-state index in [2.05, 4.69) is 10.6 Å². The van der Waals surface area contributed by atoms with Crippen molar-refractivity contribution < 1.29 is 27.6 Å². The van der Waals surface area contributed by atoms with Gasteiger partial charge in [-0.05, 0) is 42.5 Å². The zero-order valence-corrected chi connectivity index (χ0v) is 17.2. The van der Waals surface area contributed by atoms with Gasteiger partial charge in [0, 0.05) is 29.7 Å². The zero-order chi connectivity index (χ0) is 22.8. The van der Waals surface area contributed by atoms with Crippen molar-refractivity contribution in [2.45, 2.75) is 6.42 Å². The number of hydrogen-bond acceptors (Lipinski definition) is 4. The van der Waals surface area contributed by atoms with Gasteiger partial charge in [-0.3, -0.25) is 14.4 Å². The zero-order valence-electron chi connectivity index (χ0n) is 16.4. The van der Waals surface area contributed by atoms with E-state index in [1.807, 2.05) is 0 Å². The lowest BCUT2D eigenvalue weighted by atomic mass is 10.1. The maximum atomic E-state index is 13.5. The summed E-state index contributed by atoms with van der Waals surface area (Å²) < 4.78 is 32.1. The van der Waals surface area contributed by atoms with Gasteiger partial charge in [0.15, 0.2) is 5.76 Å². The highest BCUT2D eigenvalue weighted by Crippen LogP contribution is 2.30. The molecular formula is C22H16ClF2N3O4. The van der Waals surface area contributed by atoms with E-state index in [9.17, 15) is 23.2 Å². The van der Waals surface area contributed by atoms with Crippen LogP contribution in [-0.4, -0.2) is 24.3 Å². The first-order valence-corrected chi connectivity index (χ1v) is 9.89. The Labute approximate surface area is 186 Å². The van der Waals surface area contributed by atoms with E-state index in [1.165, 1.54) is 30.5 Å². The fourth-order valence-electron chi connectivity index (χ4n) is 3.38. The fourth-order valence-corrected chi connectivity index (χ4v) is 3.56. The van der Waals surface area contributed by atoms with Gasteiger partial charge in [0.1, 0.15) is 11.6 Å². The van der Waals surface area contributed by atoms with Gasteiger partial charge in [-0.1, -0.05) is 11.6 Å². The average Bonchev–Trinajstić information content (AvgIpc) is 3.39. The van der Waals surface area contributed by atoms with Crippen LogP contribution in [0.1, 0.15) is 17.0 Å². The highest BCUT2D eigenvalue weighted by Gasteiger charge is 2.35. The molecule has 1 atom stereocenters. The minimum atomic E-state index is -0.821. The summed E-state index contributed by atoms with van der Waals surface area (Å²) in [6.07, 6.45) is 1.22. The summed E-state index contributed by atoms with van der Waals surface area (Å²) in [4.78, 5) is 38.7. The number of nitrogens with zero attached hydrogens (tertiary/aromatic N) is 1. The number of anilines is 3. The number of amides is 3. The Hall–Kier alpha value is -3.72. The molecule has 1 aliphatic rings. The van der Waals surface area contributed by atoms with Crippen LogP contribution in [0.15, 0.2) is 59.2 Å². The molecule has 2 heterocycles. The van der Waals surface area contributed by atoms with Gasteiger partial charge in [0.2, 0.25) is 11.8 Å². The molecule has 2 aromatic carbocycles. The summed E-state index contributed by atoms with van der Waals surface area (Å²) in [6, 6.07) is 10.3. The second-order valence-electron chi connectivity index (χ2n) is 7.14. The summed E-state index contributed by atoms with van der Waals surface area (Å²) in [6.45, 7) is -0.0464. The van der Waals surface area contributed by atoms with Crippen molar-refractivity contribution in [3.05, 3.63) is 77.2 Å². The van der Waals surface area contributed by atoms with E-state index in [0.717, 1.165) is 17.0 Å². The van der Waals surface area contributed by atoms with E-state index in [4.69, 9.17) is 16.0 Å². The number of carbonyl (C=O) groups excluding carboxylic acids is 3. The Morgan fingerprint density at radius 2 is 1.78 bits per heavy atom. The number of nitrogens with one attached hydrogen (secondary N) is 2. The fraction of sp³-hybridized carbons (Fsp3) is 0.136. The van der Waals surface area contributed by atoms with Gasteiger partial charge in [-0.2, -0.15) is 0 Å². The lowest BCUT2D eigenvalue weighted by molar-refractivity contribution is -0.122. The summed E-state index contributed by atoms with van der Waals surface area (Å²) in [5.41, 5.74) is 0.545. The van der Waals surface area contributed by atoms with E-state index in [-0.39, 0.29) is 35.8 Å². The molecule has 10 heteroatoms. The van der Waals surface area contributed by atoms with Crippen molar-refractivity contribution in [1.29, 1.82) is 0 Å². The van der Waals surface area contributed by atoms with Crippen LogP contribution in [0.25, 0.3) is 0 Å². The highest BCUT2D eigenvalue weighted by atomic mass is 35.5. The SMILES string of the molecule is O=C(Nc1cc(Cl)ccc1NC(=O)C1CC(=O)N(c2cc(F)cc(F)c2)C1)c1ccco1. The van der Waals surface area contributed by atoms with E-state index >= 15 is 0 Å². The van der Waals surface area contributed by atoms with Crippen LogP contribution in [0, 0.1) is 17.6 Å². The summed E-state index contributed by atoms with van der Waals surface area (Å²) in [5.74, 6) is -3.80. The van der Waals surface area contributed by atoms with E-state index < -0.39 is 35.3 Å². The Morgan fingerprint density at radius 3 is 2.47 bits per heavy atom. The molecule has 1 aromatic heterocycles. The number of rotatable bonds is 5. The minimum Gasteiger partial charge on any atom is -0.459 e. The number of halogens is 3. The first-order valence-electron chi connectivity index (χ1n) is 9.52. The van der Waals surface area contributed by atoms with Gasteiger partial charge >= 0.3 is 0 Å². The summed E-state index contributed by atoms with van der Waals surface area (Å²) in [5, 5.41) is 5.62. The third kappa shape index (κ3) is 4.62. The third-order valence-corrected chi connectivity index (χ3v) is 5.12. The number of benzene rings is 2. The number of carbonyl (C=O) groups is 3. The van der Waals surface area contributed by atoms with Crippen molar-refractivity contribution >= 4 is 46.4 Å². The van der Waals surface area contributed by atoms with Crippen LogP contribution in [0.3, 0.4) is 0 Å². The molecule has 0 aliphatic carbocycles. The second-order valence-corrected chi connectivity index (χ2v) is 7.58. The molecule has 0 spiro atoms. The molecule has 0 saturated carbocycles. The molecule has 0 bridgehead atoms. The lowest BCUT2D eigenvalue weighted by Crippen LogP contribution is -2.28. The topological polar surface area (TPSA) is 91.7 Å². The summed E-state index contributed by atoms with van der Waals surface area (Å²) in [7, 11) is 0. The van der Waals surface area contributed by atoms with Gasteiger partial charge in [0.25, 0.3) is 5.91 Å². The van der Waals surface area contributed by atoms with Crippen LogP contribution >= 0.6 is 11.6 Å². The quantitative estimate of drug-likeness (QED) is 0.589. The van der Waals surface area contributed by atoms with Gasteiger partial charge in [-0.15, -0.1) is 0 Å². The Kier molecular flexibility index (Phi) is 5.91. The normalized spacial score (nSPS) is 15.7. The molecule has 3 aromatic rings. The molecule has 0 radical (unpaired) electrons. The van der Waals surface area contributed by atoms with E-state index in [0.29, 0.717) is 11.1 Å². The van der Waals surface area contributed by atoms with Crippen LogP contribution in [0.2, 0.25) is 5.02 Å². The molecular weight excluding hydrogens is 444 g/mol. The standard InChI is InChI=1S/C22H16ClF2N3O4/c23-13-3-4-17(18(7-13)27-22(31)19-2-1-5-32-19)26-21(30)12-6-20(29)28(11-12)16-9-14(24)8-15(25)10-16/h1-5,7-10,12H,6,11H2,(H,26,30)(H,27,31). The first kappa shape index (κ1) is 21.5. The lowest BCUT2D eigenvalue weighted by Gasteiger charge is -2.17. The second kappa shape index (κ2) is 8.80. The van der Waals surface area contributed by atoms with Crippen LogP contribution in [-0.2, 0) is 9.59 Å². The number of hydrogen-bond donors (Lipinski definition) is 2. The van der Waals surface area contributed by atoms with Crippen LogP contribution < -0.4 is 15.5 Å². The van der Waals surface area contributed by atoms with Gasteiger partial charge in [0.05, 0.1) is 23.6 Å². The minimum absolute atomic E-state index is 0.0423. The largest absolute Gasteiger partial charge is 0.459 e. The van der Waals surface area contributed by atoms with Crippen LogP contribution in [0.5, 0.6) is 0 Å².